The van der Waals surface area contributed by atoms with E-state index in [1.807, 2.05) is 18.2 Å². The molecule has 2 aliphatic heterocycles. The Morgan fingerprint density at radius 3 is 2.87 bits per heavy atom. The molecule has 1 aromatic rings. The standard InChI is InChI=1S/C12H15ClN2/c13-9-3-1-2-8(6-9)12(14)7-10-4-5-11(12)15-10/h1-3,6,10-11,15H,4-5,7,14H2. The molecule has 2 bridgehead atoms. The number of halogens is 1. The van der Waals surface area contributed by atoms with Crippen LogP contribution in [0.4, 0.5) is 0 Å². The molecule has 2 nitrogen and oxygen atoms in total. The van der Waals surface area contributed by atoms with Gasteiger partial charge in [-0.05, 0) is 37.0 Å². The van der Waals surface area contributed by atoms with Crippen molar-refractivity contribution in [2.75, 3.05) is 0 Å². The van der Waals surface area contributed by atoms with Crippen molar-refractivity contribution in [3.8, 4) is 0 Å². The van der Waals surface area contributed by atoms with Crippen molar-refractivity contribution < 1.29 is 0 Å². The van der Waals surface area contributed by atoms with E-state index in [0.29, 0.717) is 12.1 Å². The van der Waals surface area contributed by atoms with Gasteiger partial charge in [-0.1, -0.05) is 23.7 Å². The van der Waals surface area contributed by atoms with Crippen molar-refractivity contribution >= 4 is 11.6 Å². The lowest BCUT2D eigenvalue weighted by atomic mass is 9.77. The second kappa shape index (κ2) is 3.21. The maximum atomic E-state index is 6.51. The zero-order chi connectivity index (χ0) is 10.5. The molecule has 0 amide bonds. The molecule has 2 saturated heterocycles. The molecule has 2 aliphatic rings. The van der Waals surface area contributed by atoms with Gasteiger partial charge < -0.3 is 11.1 Å². The number of hydrogen-bond donors (Lipinski definition) is 2. The fourth-order valence-corrected chi connectivity index (χ4v) is 3.22. The van der Waals surface area contributed by atoms with Crippen molar-refractivity contribution in [3.63, 3.8) is 0 Å². The van der Waals surface area contributed by atoms with Crippen LogP contribution in [0, 0.1) is 0 Å². The Morgan fingerprint density at radius 2 is 2.27 bits per heavy atom. The highest BCUT2D eigenvalue weighted by atomic mass is 35.5. The van der Waals surface area contributed by atoms with Gasteiger partial charge in [-0.2, -0.15) is 0 Å². The number of fused-ring (bicyclic) bond motifs is 2. The molecule has 3 atom stereocenters. The molecule has 0 aliphatic carbocycles. The minimum atomic E-state index is -0.201. The predicted molar refractivity (Wildman–Crippen MR) is 61.9 cm³/mol. The highest BCUT2D eigenvalue weighted by Gasteiger charge is 2.49. The van der Waals surface area contributed by atoms with Crippen LogP contribution >= 0.6 is 11.6 Å². The average Bonchev–Trinajstić information content (AvgIpc) is 2.78. The van der Waals surface area contributed by atoms with Crippen molar-refractivity contribution in [3.05, 3.63) is 34.9 Å². The minimum Gasteiger partial charge on any atom is -0.320 e. The SMILES string of the molecule is NC1(c2cccc(Cl)c2)CC2CCC1N2. The second-order valence-corrected chi connectivity index (χ2v) is 5.18. The normalized spacial score (nSPS) is 38.5. The Bertz CT molecular complexity index is 393. The maximum Gasteiger partial charge on any atom is 0.0580 e. The number of nitrogens with one attached hydrogen (secondary N) is 1. The Labute approximate surface area is 94.8 Å². The number of benzene rings is 1. The molecule has 1 aromatic carbocycles. The van der Waals surface area contributed by atoms with Gasteiger partial charge in [0.2, 0.25) is 0 Å². The van der Waals surface area contributed by atoms with Crippen LogP contribution in [0.15, 0.2) is 24.3 Å². The fourth-order valence-electron chi connectivity index (χ4n) is 3.03. The first-order valence-electron chi connectivity index (χ1n) is 5.49. The average molecular weight is 223 g/mol. The highest BCUT2D eigenvalue weighted by Crippen LogP contribution is 2.41. The third kappa shape index (κ3) is 1.40. The van der Waals surface area contributed by atoms with Crippen LogP contribution < -0.4 is 11.1 Å². The van der Waals surface area contributed by atoms with E-state index in [9.17, 15) is 0 Å². The molecule has 3 unspecified atom stereocenters. The van der Waals surface area contributed by atoms with Crippen LogP contribution in [0.2, 0.25) is 5.02 Å². The summed E-state index contributed by atoms with van der Waals surface area (Å²) in [5.74, 6) is 0. The second-order valence-electron chi connectivity index (χ2n) is 4.75. The van der Waals surface area contributed by atoms with Gasteiger partial charge in [0.25, 0.3) is 0 Å². The van der Waals surface area contributed by atoms with Gasteiger partial charge in [0.05, 0.1) is 5.54 Å². The molecular weight excluding hydrogens is 208 g/mol. The van der Waals surface area contributed by atoms with E-state index in [1.54, 1.807) is 0 Å². The van der Waals surface area contributed by atoms with E-state index >= 15 is 0 Å². The smallest absolute Gasteiger partial charge is 0.0580 e. The molecule has 80 valence electrons. The van der Waals surface area contributed by atoms with Crippen LogP contribution in [-0.4, -0.2) is 12.1 Å². The van der Waals surface area contributed by atoms with Crippen molar-refractivity contribution in [1.29, 1.82) is 0 Å². The molecule has 2 heterocycles. The van der Waals surface area contributed by atoms with E-state index in [2.05, 4.69) is 11.4 Å². The van der Waals surface area contributed by atoms with Crippen LogP contribution in [0.1, 0.15) is 24.8 Å². The Kier molecular flexibility index (Phi) is 2.06. The molecule has 15 heavy (non-hydrogen) atoms. The number of nitrogens with two attached hydrogens (primary N) is 1. The maximum absolute atomic E-state index is 6.51. The van der Waals surface area contributed by atoms with Crippen LogP contribution in [0.5, 0.6) is 0 Å². The first-order valence-corrected chi connectivity index (χ1v) is 5.87. The zero-order valence-electron chi connectivity index (χ0n) is 8.54. The minimum absolute atomic E-state index is 0.201. The zero-order valence-corrected chi connectivity index (χ0v) is 9.30. The fraction of sp³-hybridized carbons (Fsp3) is 0.500. The molecular formula is C12H15ClN2. The third-order valence-electron chi connectivity index (χ3n) is 3.81. The number of hydrogen-bond acceptors (Lipinski definition) is 2. The van der Waals surface area contributed by atoms with Crippen LogP contribution in [-0.2, 0) is 5.54 Å². The molecule has 0 saturated carbocycles. The Morgan fingerprint density at radius 1 is 1.40 bits per heavy atom. The summed E-state index contributed by atoms with van der Waals surface area (Å²) in [6, 6.07) is 9.02. The third-order valence-corrected chi connectivity index (χ3v) is 4.04. The molecule has 2 fully saturated rings. The summed E-state index contributed by atoms with van der Waals surface area (Å²) in [6.45, 7) is 0. The predicted octanol–water partition coefficient (Wildman–Crippen LogP) is 2.02. The van der Waals surface area contributed by atoms with E-state index in [1.165, 1.54) is 18.4 Å². The summed E-state index contributed by atoms with van der Waals surface area (Å²) in [6.07, 6.45) is 3.50. The van der Waals surface area contributed by atoms with Crippen molar-refractivity contribution in [2.24, 2.45) is 5.73 Å². The first kappa shape index (κ1) is 9.64. The first-order chi connectivity index (χ1) is 7.18. The summed E-state index contributed by atoms with van der Waals surface area (Å²) >= 11 is 6.01. The summed E-state index contributed by atoms with van der Waals surface area (Å²) in [5, 5.41) is 4.35. The van der Waals surface area contributed by atoms with Crippen LogP contribution in [0.3, 0.4) is 0 Å². The summed E-state index contributed by atoms with van der Waals surface area (Å²) in [7, 11) is 0. The largest absolute Gasteiger partial charge is 0.320 e. The molecule has 3 N–H and O–H groups in total. The quantitative estimate of drug-likeness (QED) is 0.763. The van der Waals surface area contributed by atoms with Gasteiger partial charge in [0.15, 0.2) is 0 Å². The lowest BCUT2D eigenvalue weighted by Crippen LogP contribution is -2.47. The highest BCUT2D eigenvalue weighted by molar-refractivity contribution is 6.30. The number of rotatable bonds is 1. The van der Waals surface area contributed by atoms with E-state index in [-0.39, 0.29) is 5.54 Å². The lowest BCUT2D eigenvalue weighted by Gasteiger charge is -2.33. The summed E-state index contributed by atoms with van der Waals surface area (Å²) in [4.78, 5) is 0. The van der Waals surface area contributed by atoms with Gasteiger partial charge in [-0.15, -0.1) is 0 Å². The summed E-state index contributed by atoms with van der Waals surface area (Å²) < 4.78 is 0. The molecule has 3 heteroatoms. The van der Waals surface area contributed by atoms with Crippen molar-refractivity contribution in [1.82, 2.24) is 5.32 Å². The van der Waals surface area contributed by atoms with Crippen molar-refractivity contribution in [2.45, 2.75) is 36.9 Å². The van der Waals surface area contributed by atoms with Gasteiger partial charge in [-0.3, -0.25) is 0 Å². The molecule has 3 rings (SSSR count). The Hall–Kier alpha value is -0.570. The van der Waals surface area contributed by atoms with E-state index in [0.717, 1.165) is 11.4 Å². The van der Waals surface area contributed by atoms with E-state index in [4.69, 9.17) is 17.3 Å². The molecule has 0 radical (unpaired) electrons. The lowest BCUT2D eigenvalue weighted by molar-refractivity contribution is 0.343. The van der Waals surface area contributed by atoms with Gasteiger partial charge >= 0.3 is 0 Å². The van der Waals surface area contributed by atoms with Gasteiger partial charge in [-0.25, -0.2) is 0 Å². The van der Waals surface area contributed by atoms with Crippen LogP contribution in [0.25, 0.3) is 0 Å². The molecule has 0 aromatic heterocycles. The Balaban J connectivity index is 2.00. The molecule has 0 spiro atoms. The monoisotopic (exact) mass is 222 g/mol. The van der Waals surface area contributed by atoms with Gasteiger partial charge in [0.1, 0.15) is 0 Å². The van der Waals surface area contributed by atoms with Gasteiger partial charge in [0, 0.05) is 17.1 Å². The van der Waals surface area contributed by atoms with E-state index < -0.39 is 0 Å². The summed E-state index contributed by atoms with van der Waals surface area (Å²) in [5.41, 5.74) is 7.49. The topological polar surface area (TPSA) is 38.0 Å².